The van der Waals surface area contributed by atoms with Gasteiger partial charge in [-0.15, -0.1) is 0 Å². The normalized spacial score (nSPS) is 13.7. The van der Waals surface area contributed by atoms with Gasteiger partial charge >= 0.3 is 11.9 Å². The molecule has 0 aliphatic heterocycles. The Bertz CT molecular complexity index is 678. The van der Waals surface area contributed by atoms with Gasteiger partial charge in [-0.05, 0) is 19.4 Å². The van der Waals surface area contributed by atoms with Crippen LogP contribution in [0.3, 0.4) is 0 Å². The summed E-state index contributed by atoms with van der Waals surface area (Å²) in [4.78, 5) is 48.8. The van der Waals surface area contributed by atoms with E-state index in [0.717, 1.165) is 0 Å². The lowest BCUT2D eigenvalue weighted by molar-refractivity contribution is -0.157. The highest BCUT2D eigenvalue weighted by Crippen LogP contribution is 2.19. The Morgan fingerprint density at radius 2 is 1.64 bits per heavy atom. The van der Waals surface area contributed by atoms with Gasteiger partial charge in [0.2, 0.25) is 5.91 Å². The van der Waals surface area contributed by atoms with Crippen molar-refractivity contribution in [3.8, 4) is 0 Å². The van der Waals surface area contributed by atoms with Crippen LogP contribution in [0.25, 0.3) is 0 Å². The van der Waals surface area contributed by atoms with Crippen molar-refractivity contribution in [2.75, 3.05) is 20.3 Å². The summed E-state index contributed by atoms with van der Waals surface area (Å²) in [6, 6.07) is 7.10. The third-order valence-electron chi connectivity index (χ3n) is 3.86. The molecule has 2 amide bonds. The maximum atomic E-state index is 12.7. The first-order chi connectivity index (χ1) is 13.3. The molecule has 0 heterocycles. The molecule has 9 nitrogen and oxygen atoms in total. The number of methoxy groups -OCH3 is 1. The second kappa shape index (κ2) is 11.7. The smallest absolute Gasteiger partial charge is 0.312 e. The highest BCUT2D eigenvalue weighted by molar-refractivity contribution is 5.94. The fourth-order valence-electron chi connectivity index (χ4n) is 2.61. The van der Waals surface area contributed by atoms with Crippen molar-refractivity contribution in [3.05, 3.63) is 35.9 Å². The number of amides is 2. The van der Waals surface area contributed by atoms with Crippen molar-refractivity contribution in [1.82, 2.24) is 5.32 Å². The number of esters is 2. The van der Waals surface area contributed by atoms with E-state index in [-0.39, 0.29) is 13.2 Å². The van der Waals surface area contributed by atoms with Crippen molar-refractivity contribution in [3.63, 3.8) is 0 Å². The Labute approximate surface area is 163 Å². The Balaban J connectivity index is 3.08. The van der Waals surface area contributed by atoms with E-state index in [9.17, 15) is 19.2 Å². The van der Waals surface area contributed by atoms with E-state index in [1.807, 2.05) is 0 Å². The molecule has 0 aromatic heterocycles. The molecule has 0 bridgehead atoms. The Morgan fingerprint density at radius 3 is 2.14 bits per heavy atom. The lowest BCUT2D eigenvalue weighted by atomic mass is 9.94. The Kier molecular flexibility index (Phi) is 9.66. The summed E-state index contributed by atoms with van der Waals surface area (Å²) < 4.78 is 15.0. The number of carbonyl (C=O) groups is 4. The van der Waals surface area contributed by atoms with Crippen LogP contribution in [-0.2, 0) is 33.4 Å². The first-order valence-corrected chi connectivity index (χ1v) is 8.85. The number of nitrogens with two attached hydrogens (primary N) is 1. The molecule has 0 saturated carbocycles. The van der Waals surface area contributed by atoms with Crippen LogP contribution in [0.2, 0.25) is 0 Å². The minimum Gasteiger partial charge on any atom is -0.466 e. The van der Waals surface area contributed by atoms with E-state index in [0.29, 0.717) is 5.56 Å². The summed E-state index contributed by atoms with van der Waals surface area (Å²) in [5.74, 6) is -4.55. The van der Waals surface area contributed by atoms with E-state index in [4.69, 9.17) is 19.9 Å². The SMILES string of the molecule is CCOC(=O)C[C@@H](C(=O)OCC)[C@H](NC(=O)[C@@H](OC)c1ccccc1)C(N)=O. The summed E-state index contributed by atoms with van der Waals surface area (Å²) in [7, 11) is 1.33. The average molecular weight is 394 g/mol. The van der Waals surface area contributed by atoms with Gasteiger partial charge in [-0.2, -0.15) is 0 Å². The Hall–Kier alpha value is -2.94. The maximum absolute atomic E-state index is 12.7. The molecule has 0 spiro atoms. The van der Waals surface area contributed by atoms with Crippen molar-refractivity contribution < 1.29 is 33.4 Å². The van der Waals surface area contributed by atoms with Gasteiger partial charge in [-0.25, -0.2) is 0 Å². The highest BCUT2D eigenvalue weighted by Gasteiger charge is 2.38. The standard InChI is InChI=1S/C19H26N2O7/c1-4-27-14(22)11-13(19(25)28-5-2)15(17(20)23)21-18(24)16(26-3)12-9-7-6-8-10-12/h6-10,13,15-16H,4-5,11H2,1-3H3,(H2,20,23)(H,21,24)/t13-,15+,16+/m1/s1. The number of carbonyl (C=O) groups excluding carboxylic acids is 4. The molecular weight excluding hydrogens is 368 g/mol. The minimum atomic E-state index is -1.47. The van der Waals surface area contributed by atoms with Gasteiger partial charge in [-0.3, -0.25) is 19.2 Å². The van der Waals surface area contributed by atoms with Crippen LogP contribution in [0.4, 0.5) is 0 Å². The van der Waals surface area contributed by atoms with E-state index >= 15 is 0 Å². The molecule has 0 fully saturated rings. The fourth-order valence-corrected chi connectivity index (χ4v) is 2.61. The maximum Gasteiger partial charge on any atom is 0.312 e. The Morgan fingerprint density at radius 1 is 1.04 bits per heavy atom. The zero-order chi connectivity index (χ0) is 21.1. The monoisotopic (exact) mass is 394 g/mol. The molecule has 28 heavy (non-hydrogen) atoms. The molecule has 1 aromatic carbocycles. The second-order valence-electron chi connectivity index (χ2n) is 5.78. The van der Waals surface area contributed by atoms with Crippen LogP contribution in [0.15, 0.2) is 30.3 Å². The van der Waals surface area contributed by atoms with E-state index < -0.39 is 48.2 Å². The first-order valence-electron chi connectivity index (χ1n) is 8.85. The molecule has 3 N–H and O–H groups in total. The summed E-state index contributed by atoms with van der Waals surface area (Å²) in [6.45, 7) is 3.31. The van der Waals surface area contributed by atoms with Crippen LogP contribution in [0.5, 0.6) is 0 Å². The lowest BCUT2D eigenvalue weighted by Crippen LogP contribution is -2.53. The van der Waals surface area contributed by atoms with Crippen LogP contribution in [0, 0.1) is 5.92 Å². The molecule has 0 aliphatic rings. The highest BCUT2D eigenvalue weighted by atomic mass is 16.5. The molecule has 0 aliphatic carbocycles. The number of ether oxygens (including phenoxy) is 3. The van der Waals surface area contributed by atoms with Crippen molar-refractivity contribution in [2.45, 2.75) is 32.4 Å². The third kappa shape index (κ3) is 6.66. The van der Waals surface area contributed by atoms with Gasteiger partial charge in [0.15, 0.2) is 6.10 Å². The topological polar surface area (TPSA) is 134 Å². The predicted octanol–water partition coefficient (Wildman–Crippen LogP) is 0.477. The fraction of sp³-hybridized carbons (Fsp3) is 0.474. The molecule has 1 rings (SSSR count). The van der Waals surface area contributed by atoms with Gasteiger partial charge in [0, 0.05) is 7.11 Å². The molecule has 1 aromatic rings. The summed E-state index contributed by atoms with van der Waals surface area (Å²) in [6.07, 6.45) is -1.50. The zero-order valence-corrected chi connectivity index (χ0v) is 16.2. The van der Waals surface area contributed by atoms with Gasteiger partial charge in [-0.1, -0.05) is 30.3 Å². The van der Waals surface area contributed by atoms with Crippen molar-refractivity contribution in [2.24, 2.45) is 11.7 Å². The molecule has 0 unspecified atom stereocenters. The number of rotatable bonds is 11. The van der Waals surface area contributed by atoms with Crippen molar-refractivity contribution >= 4 is 23.8 Å². The summed E-state index contributed by atoms with van der Waals surface area (Å²) >= 11 is 0. The van der Waals surface area contributed by atoms with E-state index in [1.54, 1.807) is 44.2 Å². The predicted molar refractivity (Wildman–Crippen MR) is 98.7 cm³/mol. The lowest BCUT2D eigenvalue weighted by Gasteiger charge is -2.25. The molecule has 0 saturated heterocycles. The molecular formula is C19H26N2O7. The zero-order valence-electron chi connectivity index (χ0n) is 16.2. The van der Waals surface area contributed by atoms with Gasteiger partial charge in [0.25, 0.3) is 5.91 Å². The molecule has 3 atom stereocenters. The first kappa shape index (κ1) is 23.1. The number of hydrogen-bond donors (Lipinski definition) is 2. The number of nitrogens with one attached hydrogen (secondary N) is 1. The largest absolute Gasteiger partial charge is 0.466 e. The minimum absolute atomic E-state index is 0.0301. The molecule has 154 valence electrons. The average Bonchev–Trinajstić information content (AvgIpc) is 2.66. The number of hydrogen-bond acceptors (Lipinski definition) is 7. The van der Waals surface area contributed by atoms with Gasteiger partial charge in [0.05, 0.1) is 25.6 Å². The van der Waals surface area contributed by atoms with Crippen molar-refractivity contribution in [1.29, 1.82) is 0 Å². The van der Waals surface area contributed by atoms with E-state index in [2.05, 4.69) is 5.32 Å². The number of primary amides is 1. The quantitative estimate of drug-likeness (QED) is 0.521. The van der Waals surface area contributed by atoms with Gasteiger partial charge < -0.3 is 25.3 Å². The van der Waals surface area contributed by atoms with E-state index in [1.165, 1.54) is 7.11 Å². The molecule has 9 heteroatoms. The number of benzene rings is 1. The summed E-state index contributed by atoms with van der Waals surface area (Å²) in [5, 5.41) is 2.41. The van der Waals surface area contributed by atoms with Crippen LogP contribution >= 0.6 is 0 Å². The van der Waals surface area contributed by atoms with Crippen LogP contribution in [0.1, 0.15) is 31.9 Å². The second-order valence-corrected chi connectivity index (χ2v) is 5.78. The summed E-state index contributed by atoms with van der Waals surface area (Å²) in [5.41, 5.74) is 5.94. The van der Waals surface area contributed by atoms with Crippen LogP contribution < -0.4 is 11.1 Å². The van der Waals surface area contributed by atoms with Crippen LogP contribution in [-0.4, -0.2) is 50.1 Å². The third-order valence-corrected chi connectivity index (χ3v) is 3.86. The molecule has 0 radical (unpaired) electrons. The van der Waals surface area contributed by atoms with Gasteiger partial charge in [0.1, 0.15) is 6.04 Å².